The van der Waals surface area contributed by atoms with Crippen LogP contribution in [-0.2, 0) is 22.6 Å². The number of carbonyl (C=O) groups excluding carboxylic acids is 2. The molecule has 1 unspecified atom stereocenters. The number of imide groups is 1. The molecule has 2 heterocycles. The zero-order chi connectivity index (χ0) is 16.7. The smallest absolute Gasteiger partial charge is 0.292 e. The van der Waals surface area contributed by atoms with Crippen LogP contribution < -0.4 is 9.80 Å². The number of anilines is 1. The number of halogens is 1. The lowest BCUT2D eigenvalue weighted by atomic mass is 9.98. The second-order valence-corrected chi connectivity index (χ2v) is 6.38. The van der Waals surface area contributed by atoms with Crippen LogP contribution in [0.4, 0.5) is 10.1 Å². The predicted molar refractivity (Wildman–Crippen MR) is 87.0 cm³/mol. The molecule has 4 nitrogen and oxygen atoms in total. The highest BCUT2D eigenvalue weighted by molar-refractivity contribution is 6.21. The molecule has 24 heavy (non-hydrogen) atoms. The third-order valence-electron chi connectivity index (χ3n) is 4.98. The van der Waals surface area contributed by atoms with Gasteiger partial charge in [-0.3, -0.25) is 9.59 Å². The van der Waals surface area contributed by atoms with Crippen LogP contribution in [-0.4, -0.2) is 24.4 Å². The molecule has 0 bridgehead atoms. The van der Waals surface area contributed by atoms with Crippen molar-refractivity contribution < 1.29 is 18.9 Å². The minimum atomic E-state index is -0.543. The zero-order valence-corrected chi connectivity index (χ0v) is 13.2. The first-order valence-corrected chi connectivity index (χ1v) is 8.18. The molecule has 2 aliphatic heterocycles. The van der Waals surface area contributed by atoms with E-state index in [-0.39, 0.29) is 23.9 Å². The van der Waals surface area contributed by atoms with E-state index < -0.39 is 11.9 Å². The van der Waals surface area contributed by atoms with E-state index in [1.165, 1.54) is 23.3 Å². The van der Waals surface area contributed by atoms with Crippen LogP contribution in [0.15, 0.2) is 48.5 Å². The molecule has 122 valence electrons. The highest BCUT2D eigenvalue weighted by Crippen LogP contribution is 2.25. The van der Waals surface area contributed by atoms with E-state index in [0.717, 1.165) is 29.3 Å². The van der Waals surface area contributed by atoms with Gasteiger partial charge in [0.05, 0.1) is 18.7 Å². The van der Waals surface area contributed by atoms with E-state index in [4.69, 9.17) is 0 Å². The molecule has 0 saturated carbocycles. The molecule has 4 rings (SSSR count). The van der Waals surface area contributed by atoms with Crippen molar-refractivity contribution in [2.24, 2.45) is 0 Å². The maximum absolute atomic E-state index is 14.0. The topological polar surface area (TPSA) is 41.8 Å². The lowest BCUT2D eigenvalue weighted by Crippen LogP contribution is -3.16. The van der Waals surface area contributed by atoms with Crippen LogP contribution in [0.5, 0.6) is 0 Å². The Bertz CT molecular complexity index is 821. The Morgan fingerprint density at radius 3 is 2.50 bits per heavy atom. The predicted octanol–water partition coefficient (Wildman–Crippen LogP) is 1.10. The molecular weight excluding hydrogens is 307 g/mol. The zero-order valence-electron chi connectivity index (χ0n) is 13.2. The van der Waals surface area contributed by atoms with Crippen LogP contribution in [0.1, 0.15) is 17.5 Å². The molecule has 0 spiro atoms. The number of amides is 2. The first-order chi connectivity index (χ1) is 11.6. The molecule has 0 radical (unpaired) electrons. The lowest BCUT2D eigenvalue weighted by molar-refractivity contribution is -0.930. The molecule has 5 heteroatoms. The van der Waals surface area contributed by atoms with Gasteiger partial charge in [0.25, 0.3) is 5.91 Å². The fourth-order valence-corrected chi connectivity index (χ4v) is 3.74. The first kappa shape index (κ1) is 15.0. The van der Waals surface area contributed by atoms with E-state index in [1.807, 2.05) is 12.1 Å². The van der Waals surface area contributed by atoms with E-state index in [0.29, 0.717) is 0 Å². The van der Waals surface area contributed by atoms with Gasteiger partial charge < -0.3 is 4.90 Å². The van der Waals surface area contributed by atoms with Crippen molar-refractivity contribution in [3.05, 3.63) is 65.5 Å². The van der Waals surface area contributed by atoms with Crippen molar-refractivity contribution in [3.63, 3.8) is 0 Å². The Kier molecular flexibility index (Phi) is 3.65. The first-order valence-electron chi connectivity index (χ1n) is 8.18. The number of hydrogen-bond donors (Lipinski definition) is 1. The molecule has 0 aromatic heterocycles. The summed E-state index contributed by atoms with van der Waals surface area (Å²) in [6.07, 6.45) is 1.04. The van der Waals surface area contributed by atoms with Gasteiger partial charge in [-0.15, -0.1) is 0 Å². The molecule has 1 N–H and O–H groups in total. The summed E-state index contributed by atoms with van der Waals surface area (Å²) in [6.45, 7) is 1.54. The molecule has 0 aliphatic carbocycles. The summed E-state index contributed by atoms with van der Waals surface area (Å²) in [5, 5.41) is 0. The summed E-state index contributed by atoms with van der Waals surface area (Å²) in [5.74, 6) is -1.15. The third-order valence-corrected chi connectivity index (χ3v) is 4.98. The summed E-state index contributed by atoms with van der Waals surface area (Å²) in [6, 6.07) is 13.7. The Morgan fingerprint density at radius 1 is 1.00 bits per heavy atom. The Labute approximate surface area is 139 Å². The van der Waals surface area contributed by atoms with Crippen LogP contribution in [0.25, 0.3) is 0 Å². The second-order valence-electron chi connectivity index (χ2n) is 6.38. The van der Waals surface area contributed by atoms with Crippen LogP contribution >= 0.6 is 0 Å². The number of fused-ring (bicyclic) bond motifs is 1. The van der Waals surface area contributed by atoms with Crippen molar-refractivity contribution in [2.45, 2.75) is 25.4 Å². The van der Waals surface area contributed by atoms with Crippen molar-refractivity contribution in [1.82, 2.24) is 0 Å². The van der Waals surface area contributed by atoms with Crippen molar-refractivity contribution in [3.8, 4) is 0 Å². The number of rotatable bonds is 2. The average molecular weight is 325 g/mol. The normalized spacial score (nSPS) is 23.5. The monoisotopic (exact) mass is 325 g/mol. The highest BCUT2D eigenvalue weighted by Gasteiger charge is 2.47. The summed E-state index contributed by atoms with van der Waals surface area (Å²) in [4.78, 5) is 27.3. The van der Waals surface area contributed by atoms with Gasteiger partial charge in [-0.05, 0) is 17.7 Å². The van der Waals surface area contributed by atoms with E-state index >= 15 is 0 Å². The SMILES string of the molecule is O=C1C[C@@H]([NH+]2CCc3ccccc3C2)C(=O)N1c1ccccc1F. The summed E-state index contributed by atoms with van der Waals surface area (Å²) < 4.78 is 14.0. The van der Waals surface area contributed by atoms with Crippen molar-refractivity contribution in [1.29, 1.82) is 0 Å². The number of carbonyl (C=O) groups is 2. The molecule has 1 saturated heterocycles. The van der Waals surface area contributed by atoms with E-state index in [9.17, 15) is 14.0 Å². The van der Waals surface area contributed by atoms with Gasteiger partial charge in [0, 0.05) is 12.0 Å². The maximum atomic E-state index is 14.0. The number of para-hydroxylation sites is 1. The number of benzene rings is 2. The van der Waals surface area contributed by atoms with Gasteiger partial charge in [0.2, 0.25) is 5.91 Å². The standard InChI is InChI=1S/C19H17FN2O2/c20-15-7-3-4-8-16(15)22-18(23)11-17(19(22)24)21-10-9-13-5-1-2-6-14(13)12-21/h1-8,17H,9-12H2/p+1/t17-/m1/s1. The number of quaternary nitrogens is 1. The second kappa shape index (κ2) is 5.83. The molecule has 2 aromatic rings. The van der Waals surface area contributed by atoms with Crippen molar-refractivity contribution >= 4 is 17.5 Å². The quantitative estimate of drug-likeness (QED) is 0.840. The van der Waals surface area contributed by atoms with Crippen LogP contribution in [0, 0.1) is 5.82 Å². The molecule has 2 amide bonds. The largest absolute Gasteiger partial charge is 0.320 e. The maximum Gasteiger partial charge on any atom is 0.292 e. The summed E-state index contributed by atoms with van der Waals surface area (Å²) in [5.41, 5.74) is 2.60. The minimum absolute atomic E-state index is 0.0619. The van der Waals surface area contributed by atoms with Gasteiger partial charge in [-0.1, -0.05) is 36.4 Å². The van der Waals surface area contributed by atoms with Gasteiger partial charge >= 0.3 is 0 Å². The molecule has 2 aromatic carbocycles. The Morgan fingerprint density at radius 2 is 1.71 bits per heavy atom. The van der Waals surface area contributed by atoms with Crippen LogP contribution in [0.3, 0.4) is 0 Å². The Hall–Kier alpha value is -2.53. The van der Waals surface area contributed by atoms with Crippen molar-refractivity contribution in [2.75, 3.05) is 11.4 Å². The third kappa shape index (κ3) is 2.41. The van der Waals surface area contributed by atoms with Gasteiger partial charge in [0.1, 0.15) is 12.4 Å². The number of nitrogens with one attached hydrogen (secondary N) is 1. The van der Waals surface area contributed by atoms with Gasteiger partial charge in [-0.25, -0.2) is 9.29 Å². The average Bonchev–Trinajstić information content (AvgIpc) is 2.90. The Balaban J connectivity index is 1.60. The van der Waals surface area contributed by atoms with E-state index in [2.05, 4.69) is 12.1 Å². The lowest BCUT2D eigenvalue weighted by Gasteiger charge is -2.29. The number of hydrogen-bond acceptors (Lipinski definition) is 2. The molecular formula is C19H18FN2O2+. The minimum Gasteiger partial charge on any atom is -0.320 e. The summed E-state index contributed by atoms with van der Waals surface area (Å²) >= 11 is 0. The summed E-state index contributed by atoms with van der Waals surface area (Å²) in [7, 11) is 0. The molecule has 1 fully saturated rings. The molecule has 2 atom stereocenters. The fourth-order valence-electron chi connectivity index (χ4n) is 3.74. The van der Waals surface area contributed by atoms with Crippen LogP contribution in [0.2, 0.25) is 0 Å². The fraction of sp³-hybridized carbons (Fsp3) is 0.263. The van der Waals surface area contributed by atoms with Gasteiger partial charge in [0.15, 0.2) is 6.04 Å². The number of nitrogens with zero attached hydrogens (tertiary/aromatic N) is 1. The van der Waals surface area contributed by atoms with E-state index in [1.54, 1.807) is 12.1 Å². The molecule has 2 aliphatic rings. The highest BCUT2D eigenvalue weighted by atomic mass is 19.1. The van der Waals surface area contributed by atoms with Gasteiger partial charge in [-0.2, -0.15) is 0 Å².